The Morgan fingerprint density at radius 2 is 2.00 bits per heavy atom. The van der Waals surface area contributed by atoms with Gasteiger partial charge in [0.05, 0.1) is 6.61 Å². The minimum Gasteiger partial charge on any atom is -0.377 e. The summed E-state index contributed by atoms with van der Waals surface area (Å²) in [5.74, 6) is 1.45. The Balaban J connectivity index is 1.50. The number of piperidine rings is 1. The Bertz CT molecular complexity index is 745. The lowest BCUT2D eigenvalue weighted by Crippen LogP contribution is -2.44. The smallest absolute Gasteiger partial charge is 0.191 e. The van der Waals surface area contributed by atoms with E-state index in [4.69, 9.17) is 4.74 Å². The quantitative estimate of drug-likeness (QED) is 0.506. The SMILES string of the molecule is CCOCc1ccc(CNC(=NC)NCC2CCCN(C)C2c2cccs2)cc1. The van der Waals surface area contributed by atoms with Crippen molar-refractivity contribution in [3.05, 3.63) is 57.8 Å². The molecule has 0 aliphatic carbocycles. The van der Waals surface area contributed by atoms with Gasteiger partial charge >= 0.3 is 0 Å². The summed E-state index contributed by atoms with van der Waals surface area (Å²) in [6.45, 7) is 6.30. The minimum absolute atomic E-state index is 0.493. The maximum absolute atomic E-state index is 5.46. The van der Waals surface area contributed by atoms with E-state index in [0.29, 0.717) is 18.6 Å². The molecule has 0 bridgehead atoms. The Hall–Kier alpha value is -1.89. The molecule has 3 rings (SSSR count). The van der Waals surface area contributed by atoms with Crippen LogP contribution in [0.1, 0.15) is 41.8 Å². The molecule has 2 atom stereocenters. The van der Waals surface area contributed by atoms with Crippen LogP contribution in [0.15, 0.2) is 46.8 Å². The average Bonchev–Trinajstić information content (AvgIpc) is 3.27. The molecule has 0 spiro atoms. The number of thiophene rings is 1. The summed E-state index contributed by atoms with van der Waals surface area (Å²) in [6, 6.07) is 13.5. The first-order valence-electron chi connectivity index (χ1n) is 10.5. The van der Waals surface area contributed by atoms with Crippen molar-refractivity contribution in [3.63, 3.8) is 0 Å². The van der Waals surface area contributed by atoms with Gasteiger partial charge in [0, 0.05) is 37.7 Å². The highest BCUT2D eigenvalue weighted by Gasteiger charge is 2.31. The molecule has 1 aromatic carbocycles. The Kier molecular flexibility index (Phi) is 8.52. The fourth-order valence-corrected chi connectivity index (χ4v) is 4.97. The summed E-state index contributed by atoms with van der Waals surface area (Å²) in [5, 5.41) is 9.19. The number of ether oxygens (including phenoxy) is 1. The lowest BCUT2D eigenvalue weighted by atomic mass is 9.88. The molecule has 2 unspecified atom stereocenters. The van der Waals surface area contributed by atoms with E-state index < -0.39 is 0 Å². The van der Waals surface area contributed by atoms with E-state index in [1.807, 2.05) is 25.3 Å². The lowest BCUT2D eigenvalue weighted by Gasteiger charge is -2.39. The maximum atomic E-state index is 5.46. The summed E-state index contributed by atoms with van der Waals surface area (Å²) in [4.78, 5) is 8.38. The predicted molar refractivity (Wildman–Crippen MR) is 122 cm³/mol. The molecule has 1 saturated heterocycles. The number of hydrogen-bond acceptors (Lipinski definition) is 4. The number of aliphatic imine (C=N–C) groups is 1. The monoisotopic (exact) mass is 414 g/mol. The minimum atomic E-state index is 0.493. The zero-order chi connectivity index (χ0) is 20.5. The van der Waals surface area contributed by atoms with Gasteiger partial charge in [0.15, 0.2) is 5.96 Å². The van der Waals surface area contributed by atoms with Gasteiger partial charge in [-0.05, 0) is 61.8 Å². The van der Waals surface area contributed by atoms with Crippen molar-refractivity contribution in [3.8, 4) is 0 Å². The summed E-state index contributed by atoms with van der Waals surface area (Å²) in [7, 11) is 4.09. The van der Waals surface area contributed by atoms with Gasteiger partial charge in [0.1, 0.15) is 0 Å². The molecule has 2 aromatic rings. The second-order valence-corrected chi connectivity index (χ2v) is 8.58. The van der Waals surface area contributed by atoms with Crippen molar-refractivity contribution in [1.82, 2.24) is 15.5 Å². The van der Waals surface area contributed by atoms with E-state index in [2.05, 4.69) is 69.4 Å². The van der Waals surface area contributed by atoms with Crippen LogP contribution in [0.5, 0.6) is 0 Å². The van der Waals surface area contributed by atoms with Gasteiger partial charge in [-0.25, -0.2) is 0 Å². The fourth-order valence-electron chi connectivity index (χ4n) is 3.99. The number of guanidine groups is 1. The maximum Gasteiger partial charge on any atom is 0.191 e. The molecule has 1 aliphatic heterocycles. The molecule has 0 saturated carbocycles. The number of nitrogens with zero attached hydrogens (tertiary/aromatic N) is 2. The highest BCUT2D eigenvalue weighted by molar-refractivity contribution is 7.10. The highest BCUT2D eigenvalue weighted by atomic mass is 32.1. The fraction of sp³-hybridized carbons (Fsp3) is 0.522. The van der Waals surface area contributed by atoms with E-state index in [-0.39, 0.29) is 0 Å². The largest absolute Gasteiger partial charge is 0.377 e. The van der Waals surface area contributed by atoms with E-state index in [0.717, 1.165) is 25.7 Å². The van der Waals surface area contributed by atoms with E-state index in [1.54, 1.807) is 0 Å². The molecule has 2 N–H and O–H groups in total. The van der Waals surface area contributed by atoms with Crippen molar-refractivity contribution in [1.29, 1.82) is 0 Å². The molecule has 2 heterocycles. The third-order valence-corrected chi connectivity index (χ3v) is 6.50. The Morgan fingerprint density at radius 1 is 1.21 bits per heavy atom. The van der Waals surface area contributed by atoms with E-state index in [1.165, 1.54) is 35.4 Å². The Labute approximate surface area is 179 Å². The van der Waals surface area contributed by atoms with Gasteiger partial charge in [0.25, 0.3) is 0 Å². The first-order chi connectivity index (χ1) is 14.2. The molecule has 0 radical (unpaired) electrons. The molecule has 6 heteroatoms. The molecular weight excluding hydrogens is 380 g/mol. The van der Waals surface area contributed by atoms with Gasteiger partial charge in [-0.2, -0.15) is 0 Å². The standard InChI is InChI=1S/C23H34N4OS/c1-4-28-17-19-11-9-18(10-12-19)15-25-23(24-2)26-16-20-7-5-13-27(3)22(20)21-8-6-14-29-21/h6,8-12,14,20,22H,4-5,7,13,15-17H2,1-3H3,(H2,24,25,26). The molecular formula is C23H34N4OS. The molecule has 1 aliphatic rings. The summed E-state index contributed by atoms with van der Waals surface area (Å²) in [5.41, 5.74) is 2.45. The van der Waals surface area contributed by atoms with E-state index in [9.17, 15) is 0 Å². The van der Waals surface area contributed by atoms with Crippen LogP contribution in [0, 0.1) is 5.92 Å². The third kappa shape index (κ3) is 6.29. The number of likely N-dealkylation sites (tertiary alicyclic amines) is 1. The van der Waals surface area contributed by atoms with Gasteiger partial charge in [-0.3, -0.25) is 9.89 Å². The van der Waals surface area contributed by atoms with Gasteiger partial charge < -0.3 is 15.4 Å². The van der Waals surface area contributed by atoms with Crippen molar-refractivity contribution in [2.75, 3.05) is 33.8 Å². The molecule has 1 aromatic heterocycles. The second kappa shape index (κ2) is 11.3. The molecule has 0 amide bonds. The lowest BCUT2D eigenvalue weighted by molar-refractivity contribution is 0.125. The van der Waals surface area contributed by atoms with Crippen LogP contribution in [0.3, 0.4) is 0 Å². The second-order valence-electron chi connectivity index (χ2n) is 7.60. The number of benzene rings is 1. The third-order valence-electron chi connectivity index (χ3n) is 5.55. The van der Waals surface area contributed by atoms with Crippen LogP contribution in [0.25, 0.3) is 0 Å². The van der Waals surface area contributed by atoms with Gasteiger partial charge in [-0.15, -0.1) is 11.3 Å². The number of rotatable bonds is 8. The van der Waals surface area contributed by atoms with Gasteiger partial charge in [-0.1, -0.05) is 30.3 Å². The first-order valence-corrected chi connectivity index (χ1v) is 11.4. The average molecular weight is 415 g/mol. The summed E-state index contributed by atoms with van der Waals surface area (Å²) >= 11 is 1.87. The summed E-state index contributed by atoms with van der Waals surface area (Å²) in [6.07, 6.45) is 2.50. The Morgan fingerprint density at radius 3 is 2.69 bits per heavy atom. The van der Waals surface area contributed by atoms with Crippen LogP contribution >= 0.6 is 11.3 Å². The zero-order valence-corrected chi connectivity index (χ0v) is 18.7. The van der Waals surface area contributed by atoms with Crippen LogP contribution in [-0.2, 0) is 17.9 Å². The first kappa shape index (κ1) is 21.8. The molecule has 1 fully saturated rings. The predicted octanol–water partition coefficient (Wildman–Crippen LogP) is 4.03. The summed E-state index contributed by atoms with van der Waals surface area (Å²) < 4.78 is 5.46. The highest BCUT2D eigenvalue weighted by Crippen LogP contribution is 2.36. The molecule has 5 nitrogen and oxygen atoms in total. The van der Waals surface area contributed by atoms with Crippen molar-refractivity contribution < 1.29 is 4.74 Å². The van der Waals surface area contributed by atoms with Gasteiger partial charge in [0.2, 0.25) is 0 Å². The topological polar surface area (TPSA) is 48.9 Å². The van der Waals surface area contributed by atoms with Crippen molar-refractivity contribution in [2.45, 2.75) is 39.0 Å². The number of nitrogens with one attached hydrogen (secondary N) is 2. The van der Waals surface area contributed by atoms with Crippen LogP contribution in [0.2, 0.25) is 0 Å². The van der Waals surface area contributed by atoms with Crippen molar-refractivity contribution >= 4 is 17.3 Å². The van der Waals surface area contributed by atoms with Crippen LogP contribution < -0.4 is 10.6 Å². The normalized spacial score (nSPS) is 20.6. The molecule has 158 valence electrons. The van der Waals surface area contributed by atoms with E-state index >= 15 is 0 Å². The number of hydrogen-bond donors (Lipinski definition) is 2. The zero-order valence-electron chi connectivity index (χ0n) is 17.9. The van der Waals surface area contributed by atoms with Crippen LogP contribution in [-0.4, -0.2) is 44.7 Å². The molecule has 29 heavy (non-hydrogen) atoms. The van der Waals surface area contributed by atoms with Crippen LogP contribution in [0.4, 0.5) is 0 Å². The van der Waals surface area contributed by atoms with Crippen molar-refractivity contribution in [2.24, 2.45) is 10.9 Å².